The maximum absolute atomic E-state index is 12.8. The molecular weight excluding hydrogens is 719 g/mol. The number of carbonyl (C=O) groups is 1. The number of unbranched alkanes of at least 4 members (excludes halogenated alkanes) is 35. The molecule has 3 atom stereocenters. The van der Waals surface area contributed by atoms with E-state index in [1.54, 1.807) is 0 Å². The largest absolute Gasteiger partial charge is 0.472 e. The molecular formula is C47H97N2O6P. The van der Waals surface area contributed by atoms with E-state index in [2.05, 4.69) is 19.2 Å². The smallest absolute Gasteiger partial charge is 0.391 e. The Morgan fingerprint density at radius 3 is 1.14 bits per heavy atom. The first-order chi connectivity index (χ1) is 27.4. The summed E-state index contributed by atoms with van der Waals surface area (Å²) in [5, 5.41) is 13.8. The van der Waals surface area contributed by atoms with Gasteiger partial charge in [-0.1, -0.05) is 245 Å². The summed E-state index contributed by atoms with van der Waals surface area (Å²) in [6, 6.07) is -0.767. The Labute approximate surface area is 348 Å². The molecule has 0 radical (unpaired) electrons. The Morgan fingerprint density at radius 1 is 0.518 bits per heavy atom. The van der Waals surface area contributed by atoms with Gasteiger partial charge in [0.1, 0.15) is 0 Å². The minimum Gasteiger partial charge on any atom is -0.391 e. The van der Waals surface area contributed by atoms with Gasteiger partial charge in [-0.25, -0.2) is 4.57 Å². The van der Waals surface area contributed by atoms with Crippen molar-refractivity contribution in [1.82, 2.24) is 5.32 Å². The topological polar surface area (TPSA) is 131 Å². The zero-order valence-electron chi connectivity index (χ0n) is 37.4. The molecule has 0 aliphatic heterocycles. The molecule has 9 heteroatoms. The molecule has 0 aromatic heterocycles. The van der Waals surface area contributed by atoms with Gasteiger partial charge in [-0.3, -0.25) is 13.8 Å². The third kappa shape index (κ3) is 41.7. The second kappa shape index (κ2) is 44.1. The predicted molar refractivity (Wildman–Crippen MR) is 240 cm³/mol. The third-order valence-corrected chi connectivity index (χ3v) is 12.4. The summed E-state index contributed by atoms with van der Waals surface area (Å²) in [5.41, 5.74) is 5.39. The van der Waals surface area contributed by atoms with Crippen molar-refractivity contribution in [2.75, 3.05) is 19.8 Å². The van der Waals surface area contributed by atoms with E-state index in [1.165, 1.54) is 199 Å². The molecule has 0 aromatic rings. The lowest BCUT2D eigenvalue weighted by Gasteiger charge is -2.25. The highest BCUT2D eigenvalue weighted by Gasteiger charge is 2.27. The van der Waals surface area contributed by atoms with Crippen LogP contribution in [-0.4, -0.2) is 47.8 Å². The summed E-state index contributed by atoms with van der Waals surface area (Å²) in [7, 11) is -4.31. The first kappa shape index (κ1) is 55.5. The van der Waals surface area contributed by atoms with Gasteiger partial charge in [0.05, 0.1) is 25.4 Å². The van der Waals surface area contributed by atoms with Crippen LogP contribution in [0, 0.1) is 0 Å². The molecule has 0 fully saturated rings. The van der Waals surface area contributed by atoms with Crippen LogP contribution in [0.5, 0.6) is 0 Å². The van der Waals surface area contributed by atoms with Crippen LogP contribution >= 0.6 is 7.82 Å². The van der Waals surface area contributed by atoms with Crippen molar-refractivity contribution in [3.8, 4) is 0 Å². The van der Waals surface area contributed by atoms with Crippen LogP contribution in [0.15, 0.2) is 0 Å². The van der Waals surface area contributed by atoms with E-state index in [1.807, 2.05) is 0 Å². The van der Waals surface area contributed by atoms with E-state index in [4.69, 9.17) is 14.8 Å². The number of nitrogens with one attached hydrogen (secondary N) is 1. The monoisotopic (exact) mass is 817 g/mol. The second-order valence-electron chi connectivity index (χ2n) is 17.0. The summed E-state index contributed by atoms with van der Waals surface area (Å²) in [6.45, 7) is 4.24. The first-order valence-electron chi connectivity index (χ1n) is 24.7. The summed E-state index contributed by atoms with van der Waals surface area (Å²) in [4.78, 5) is 22.8. The Kier molecular flexibility index (Phi) is 43.7. The zero-order chi connectivity index (χ0) is 41.1. The molecule has 0 rings (SSSR count). The van der Waals surface area contributed by atoms with Gasteiger partial charge in [0.15, 0.2) is 0 Å². The van der Waals surface area contributed by atoms with Crippen LogP contribution in [-0.2, 0) is 18.4 Å². The summed E-state index contributed by atoms with van der Waals surface area (Å²) < 4.78 is 22.2. The van der Waals surface area contributed by atoms with Gasteiger partial charge < -0.3 is 21.1 Å². The van der Waals surface area contributed by atoms with Gasteiger partial charge in [-0.2, -0.15) is 0 Å². The SMILES string of the molecule is CCCCCCCCCCCCCCCCCCCCCCCCCCCC(=O)N[C@@H](COP(=O)(O)OCCN)[C@H](O)CCCCCCCCCCCCCC. The Hall–Kier alpha value is -0.500. The summed E-state index contributed by atoms with van der Waals surface area (Å²) in [6.07, 6.45) is 48.5. The number of aliphatic hydroxyl groups excluding tert-OH is 1. The van der Waals surface area contributed by atoms with Crippen LogP contribution < -0.4 is 11.1 Å². The van der Waals surface area contributed by atoms with E-state index in [0.29, 0.717) is 12.8 Å². The fourth-order valence-electron chi connectivity index (χ4n) is 7.73. The van der Waals surface area contributed by atoms with Crippen LogP contribution in [0.25, 0.3) is 0 Å². The van der Waals surface area contributed by atoms with Crippen molar-refractivity contribution >= 4 is 13.7 Å². The molecule has 0 saturated carbocycles. The molecule has 0 heterocycles. The van der Waals surface area contributed by atoms with Gasteiger partial charge >= 0.3 is 7.82 Å². The quantitative estimate of drug-likeness (QED) is 0.0355. The maximum Gasteiger partial charge on any atom is 0.472 e. The van der Waals surface area contributed by atoms with Crippen LogP contribution in [0.3, 0.4) is 0 Å². The predicted octanol–water partition coefficient (Wildman–Crippen LogP) is 14.2. The van der Waals surface area contributed by atoms with Crippen molar-refractivity contribution in [2.45, 2.75) is 276 Å². The van der Waals surface area contributed by atoms with E-state index in [0.717, 1.165) is 38.5 Å². The normalized spacial score (nSPS) is 13.9. The zero-order valence-corrected chi connectivity index (χ0v) is 38.3. The highest BCUT2D eigenvalue weighted by Crippen LogP contribution is 2.43. The number of hydrogen-bond donors (Lipinski definition) is 4. The first-order valence-corrected chi connectivity index (χ1v) is 26.1. The average molecular weight is 817 g/mol. The second-order valence-corrected chi connectivity index (χ2v) is 18.5. The number of phosphoric acid groups is 1. The molecule has 336 valence electrons. The summed E-state index contributed by atoms with van der Waals surface area (Å²) >= 11 is 0. The number of amides is 1. The van der Waals surface area contributed by atoms with Crippen molar-refractivity contribution < 1.29 is 28.4 Å². The fraction of sp³-hybridized carbons (Fsp3) is 0.979. The number of nitrogens with two attached hydrogens (primary N) is 1. The van der Waals surface area contributed by atoms with E-state index in [-0.39, 0.29) is 25.7 Å². The lowest BCUT2D eigenvalue weighted by molar-refractivity contribution is -0.123. The molecule has 1 unspecified atom stereocenters. The summed E-state index contributed by atoms with van der Waals surface area (Å²) in [5.74, 6) is -0.155. The van der Waals surface area contributed by atoms with Crippen molar-refractivity contribution in [1.29, 1.82) is 0 Å². The molecule has 0 bridgehead atoms. The number of phosphoric ester groups is 1. The Bertz CT molecular complexity index is 849. The van der Waals surface area contributed by atoms with Gasteiger partial charge in [-0.15, -0.1) is 0 Å². The Morgan fingerprint density at radius 2 is 0.821 bits per heavy atom. The van der Waals surface area contributed by atoms with E-state index < -0.39 is 20.0 Å². The van der Waals surface area contributed by atoms with Crippen LogP contribution in [0.4, 0.5) is 0 Å². The highest BCUT2D eigenvalue weighted by atomic mass is 31.2. The lowest BCUT2D eigenvalue weighted by atomic mass is 10.0. The van der Waals surface area contributed by atoms with Crippen LogP contribution in [0.2, 0.25) is 0 Å². The molecule has 5 N–H and O–H groups in total. The molecule has 56 heavy (non-hydrogen) atoms. The number of hydrogen-bond acceptors (Lipinski definition) is 6. The highest BCUT2D eigenvalue weighted by molar-refractivity contribution is 7.47. The average Bonchev–Trinajstić information content (AvgIpc) is 3.19. The number of carbonyl (C=O) groups excluding carboxylic acids is 1. The maximum atomic E-state index is 12.8. The lowest BCUT2D eigenvalue weighted by Crippen LogP contribution is -2.46. The molecule has 0 aromatic carbocycles. The fourth-order valence-corrected chi connectivity index (χ4v) is 8.49. The van der Waals surface area contributed by atoms with Crippen molar-refractivity contribution in [3.63, 3.8) is 0 Å². The number of aliphatic hydroxyl groups is 1. The van der Waals surface area contributed by atoms with Crippen molar-refractivity contribution in [3.05, 3.63) is 0 Å². The molecule has 8 nitrogen and oxygen atoms in total. The molecule has 0 aliphatic rings. The minimum absolute atomic E-state index is 0.0925. The standard InChI is InChI=1S/C47H97N2O6P/c1-3-5-7-9-11-13-15-17-18-19-20-21-22-23-24-25-26-27-28-29-31-33-35-37-39-41-47(51)49-45(44-55-56(52,53)54-43-42-48)46(50)40-38-36-34-32-30-16-14-12-10-8-6-4-2/h45-46,50H,3-44,48H2,1-2H3,(H,49,51)(H,52,53)/t45-,46+/m0/s1. The van der Waals surface area contributed by atoms with Crippen LogP contribution in [0.1, 0.15) is 264 Å². The number of rotatable bonds is 47. The van der Waals surface area contributed by atoms with Gasteiger partial charge in [0, 0.05) is 13.0 Å². The minimum atomic E-state index is -4.31. The molecule has 1 amide bonds. The molecule has 0 spiro atoms. The molecule has 0 saturated heterocycles. The van der Waals surface area contributed by atoms with E-state index >= 15 is 0 Å². The van der Waals surface area contributed by atoms with Crippen molar-refractivity contribution in [2.24, 2.45) is 5.73 Å². The van der Waals surface area contributed by atoms with Gasteiger partial charge in [-0.05, 0) is 12.8 Å². The van der Waals surface area contributed by atoms with Gasteiger partial charge in [0.25, 0.3) is 0 Å². The van der Waals surface area contributed by atoms with E-state index in [9.17, 15) is 19.4 Å². The third-order valence-electron chi connectivity index (χ3n) is 11.5. The molecule has 0 aliphatic carbocycles. The Balaban J connectivity index is 3.92. The van der Waals surface area contributed by atoms with Gasteiger partial charge in [0.2, 0.25) is 5.91 Å².